The number of hydrogen-bond acceptors (Lipinski definition) is 4. The molecule has 5 heteroatoms. The summed E-state index contributed by atoms with van der Waals surface area (Å²) in [5.41, 5.74) is 4.54. The monoisotopic (exact) mass is 317 g/mol. The van der Waals surface area contributed by atoms with Crippen LogP contribution < -0.4 is 0 Å². The fourth-order valence-corrected chi connectivity index (χ4v) is 4.10. The van der Waals surface area contributed by atoms with Gasteiger partial charge in [0.25, 0.3) is 0 Å². The molecule has 3 aromatic rings. The Morgan fingerprint density at radius 2 is 2.24 bits per heavy atom. The molecule has 0 fully saturated rings. The molecule has 0 atom stereocenters. The molecule has 3 rings (SSSR count). The quantitative estimate of drug-likeness (QED) is 0.697. The number of likely N-dealkylation sites (N-methyl/N-ethyl adjacent to an activating group) is 1. The first-order valence-electron chi connectivity index (χ1n) is 6.98. The van der Waals surface area contributed by atoms with E-state index >= 15 is 0 Å². The van der Waals surface area contributed by atoms with Gasteiger partial charge < -0.3 is 9.88 Å². The van der Waals surface area contributed by atoms with Crippen LogP contribution >= 0.6 is 23.1 Å². The van der Waals surface area contributed by atoms with E-state index in [2.05, 4.69) is 53.4 Å². The summed E-state index contributed by atoms with van der Waals surface area (Å²) in [6.45, 7) is 1.07. The fourth-order valence-electron chi connectivity index (χ4n) is 2.34. The third kappa shape index (κ3) is 3.48. The van der Waals surface area contributed by atoms with E-state index in [0.29, 0.717) is 0 Å². The van der Waals surface area contributed by atoms with Crippen molar-refractivity contribution in [1.29, 1.82) is 0 Å². The van der Waals surface area contributed by atoms with Crippen LogP contribution in [0.5, 0.6) is 0 Å². The van der Waals surface area contributed by atoms with Crippen molar-refractivity contribution in [3.63, 3.8) is 0 Å². The lowest BCUT2D eigenvalue weighted by Gasteiger charge is -2.09. The number of aromatic amines is 1. The highest BCUT2D eigenvalue weighted by atomic mass is 32.2. The van der Waals surface area contributed by atoms with Gasteiger partial charge >= 0.3 is 0 Å². The van der Waals surface area contributed by atoms with E-state index in [1.165, 1.54) is 26.2 Å². The molecule has 0 aliphatic heterocycles. The van der Waals surface area contributed by atoms with Crippen molar-refractivity contribution in [1.82, 2.24) is 14.9 Å². The summed E-state index contributed by atoms with van der Waals surface area (Å²) in [7, 11) is 4.24. The molecule has 3 nitrogen and oxygen atoms in total. The van der Waals surface area contributed by atoms with Crippen molar-refractivity contribution in [2.45, 2.75) is 17.1 Å². The molecule has 2 aromatic heterocycles. The van der Waals surface area contributed by atoms with E-state index in [1.807, 2.05) is 23.5 Å². The van der Waals surface area contributed by atoms with Crippen LogP contribution in [0.2, 0.25) is 0 Å². The van der Waals surface area contributed by atoms with Gasteiger partial charge in [-0.2, -0.15) is 0 Å². The number of thiazole rings is 1. The van der Waals surface area contributed by atoms with Gasteiger partial charge in [0.2, 0.25) is 0 Å². The Balaban J connectivity index is 1.84. The summed E-state index contributed by atoms with van der Waals surface area (Å²) in [4.78, 5) is 12.5. The van der Waals surface area contributed by atoms with Gasteiger partial charge in [0, 0.05) is 45.4 Å². The molecule has 0 saturated carbocycles. The maximum atomic E-state index is 4.15. The molecule has 0 aliphatic carbocycles. The second-order valence-corrected chi connectivity index (χ2v) is 7.29. The molecule has 0 amide bonds. The first-order valence-corrected chi connectivity index (χ1v) is 8.84. The highest BCUT2D eigenvalue weighted by molar-refractivity contribution is 7.98. The topological polar surface area (TPSA) is 31.9 Å². The summed E-state index contributed by atoms with van der Waals surface area (Å²) < 4.78 is 0. The van der Waals surface area contributed by atoms with Crippen LogP contribution in [0.4, 0.5) is 0 Å². The van der Waals surface area contributed by atoms with Gasteiger partial charge in [0.05, 0.1) is 5.51 Å². The van der Waals surface area contributed by atoms with Crippen LogP contribution in [0.1, 0.15) is 10.4 Å². The number of benzene rings is 1. The Hall–Kier alpha value is -1.30. The SMILES string of the molecule is CN(C)CCc1c[nH]c2cccc(SCc3cncs3)c12. The first-order chi connectivity index (χ1) is 10.2. The van der Waals surface area contributed by atoms with Gasteiger partial charge in [-0.1, -0.05) is 6.07 Å². The van der Waals surface area contributed by atoms with Gasteiger partial charge in [-0.25, -0.2) is 0 Å². The third-order valence-electron chi connectivity index (χ3n) is 3.43. The molecule has 1 aromatic carbocycles. The zero-order valence-electron chi connectivity index (χ0n) is 12.3. The van der Waals surface area contributed by atoms with Crippen LogP contribution in [-0.4, -0.2) is 35.5 Å². The van der Waals surface area contributed by atoms with Crippen LogP contribution in [0.3, 0.4) is 0 Å². The lowest BCUT2D eigenvalue weighted by molar-refractivity contribution is 0.414. The first kappa shape index (κ1) is 14.6. The lowest BCUT2D eigenvalue weighted by Crippen LogP contribution is -2.14. The number of rotatable bonds is 6. The number of aromatic nitrogens is 2. The molecule has 0 radical (unpaired) electrons. The number of nitrogens with zero attached hydrogens (tertiary/aromatic N) is 2. The fraction of sp³-hybridized carbons (Fsp3) is 0.312. The third-order valence-corrected chi connectivity index (χ3v) is 5.50. The highest BCUT2D eigenvalue weighted by Gasteiger charge is 2.10. The van der Waals surface area contributed by atoms with Crippen LogP contribution in [0, 0.1) is 0 Å². The average Bonchev–Trinajstić information content (AvgIpc) is 3.12. The van der Waals surface area contributed by atoms with E-state index in [4.69, 9.17) is 0 Å². The molecule has 0 aliphatic rings. The Morgan fingerprint density at radius 1 is 1.33 bits per heavy atom. The predicted molar refractivity (Wildman–Crippen MR) is 92.2 cm³/mol. The van der Waals surface area contributed by atoms with Gasteiger partial charge in [0.15, 0.2) is 0 Å². The summed E-state index contributed by atoms with van der Waals surface area (Å²) in [6.07, 6.45) is 5.19. The van der Waals surface area contributed by atoms with E-state index in [0.717, 1.165) is 18.7 Å². The lowest BCUT2D eigenvalue weighted by atomic mass is 10.1. The Bertz CT molecular complexity index is 701. The van der Waals surface area contributed by atoms with Gasteiger partial charge in [0.1, 0.15) is 0 Å². The van der Waals surface area contributed by atoms with Crippen LogP contribution in [0.15, 0.2) is 41.0 Å². The Kier molecular flexibility index (Phi) is 4.63. The van der Waals surface area contributed by atoms with Gasteiger partial charge in [-0.05, 0) is 38.2 Å². The van der Waals surface area contributed by atoms with Crippen molar-refractivity contribution >= 4 is 34.0 Å². The second kappa shape index (κ2) is 6.64. The van der Waals surface area contributed by atoms with Gasteiger partial charge in [-0.3, -0.25) is 4.98 Å². The molecule has 2 heterocycles. The van der Waals surface area contributed by atoms with E-state index in [1.54, 1.807) is 11.3 Å². The van der Waals surface area contributed by atoms with Crippen LogP contribution in [-0.2, 0) is 12.2 Å². The minimum Gasteiger partial charge on any atom is -0.361 e. The summed E-state index contributed by atoms with van der Waals surface area (Å²) >= 11 is 3.62. The maximum Gasteiger partial charge on any atom is 0.0794 e. The van der Waals surface area contributed by atoms with E-state index in [9.17, 15) is 0 Å². The average molecular weight is 317 g/mol. The molecule has 1 N–H and O–H groups in total. The number of thioether (sulfide) groups is 1. The highest BCUT2D eigenvalue weighted by Crippen LogP contribution is 2.33. The summed E-state index contributed by atoms with van der Waals surface area (Å²) in [5, 5.41) is 1.38. The van der Waals surface area contributed by atoms with Gasteiger partial charge in [-0.15, -0.1) is 23.1 Å². The summed E-state index contributed by atoms with van der Waals surface area (Å²) in [5.74, 6) is 0.988. The second-order valence-electron chi connectivity index (χ2n) is 5.30. The summed E-state index contributed by atoms with van der Waals surface area (Å²) in [6, 6.07) is 6.51. The number of hydrogen-bond donors (Lipinski definition) is 1. The number of H-pyrrole nitrogens is 1. The number of nitrogens with one attached hydrogen (secondary N) is 1. The van der Waals surface area contributed by atoms with Crippen molar-refractivity contribution in [3.05, 3.63) is 46.5 Å². The normalized spacial score (nSPS) is 11.6. The largest absolute Gasteiger partial charge is 0.361 e. The molecule has 21 heavy (non-hydrogen) atoms. The zero-order chi connectivity index (χ0) is 14.7. The maximum absolute atomic E-state index is 4.15. The minimum absolute atomic E-state index is 0.988. The minimum atomic E-state index is 0.988. The molecular weight excluding hydrogens is 298 g/mol. The smallest absolute Gasteiger partial charge is 0.0794 e. The van der Waals surface area contributed by atoms with E-state index in [-0.39, 0.29) is 0 Å². The molecule has 110 valence electrons. The van der Waals surface area contributed by atoms with Crippen molar-refractivity contribution in [2.75, 3.05) is 20.6 Å². The van der Waals surface area contributed by atoms with Crippen molar-refractivity contribution in [3.8, 4) is 0 Å². The Morgan fingerprint density at radius 3 is 3.00 bits per heavy atom. The Labute approximate surface area is 133 Å². The molecule has 0 spiro atoms. The predicted octanol–water partition coefficient (Wildman–Crippen LogP) is 4.02. The molecule has 0 saturated heterocycles. The van der Waals surface area contributed by atoms with Crippen molar-refractivity contribution < 1.29 is 0 Å². The standard InChI is InChI=1S/C16H19N3S2/c1-19(2)7-6-12-8-18-14-4-3-5-15(16(12)14)20-10-13-9-17-11-21-13/h3-5,8-9,11,18H,6-7,10H2,1-2H3. The molecule has 0 bridgehead atoms. The number of fused-ring (bicyclic) bond motifs is 1. The van der Waals surface area contributed by atoms with Crippen molar-refractivity contribution in [2.24, 2.45) is 0 Å². The zero-order valence-corrected chi connectivity index (χ0v) is 13.9. The molecular formula is C16H19N3S2. The van der Waals surface area contributed by atoms with E-state index < -0.39 is 0 Å². The van der Waals surface area contributed by atoms with Crippen LogP contribution in [0.25, 0.3) is 10.9 Å². The molecule has 0 unspecified atom stereocenters.